The van der Waals surface area contributed by atoms with Crippen LogP contribution in [0, 0.1) is 0 Å². The first-order valence-corrected chi connectivity index (χ1v) is 17.7. The number of phenols is 13. The highest BCUT2D eigenvalue weighted by Gasteiger charge is 2.55. The van der Waals surface area contributed by atoms with Crippen LogP contribution in [0.5, 0.6) is 80.5 Å². The molecular formula is C40H30O23. The van der Waals surface area contributed by atoms with Crippen molar-refractivity contribution in [3.05, 3.63) is 82.9 Å². The number of esters is 4. The quantitative estimate of drug-likeness (QED) is 0.0661. The fourth-order valence-electron chi connectivity index (χ4n) is 6.54. The molecule has 1 unspecified atom stereocenters. The van der Waals surface area contributed by atoms with Gasteiger partial charge in [0.2, 0.25) is 23.9 Å². The van der Waals surface area contributed by atoms with Crippen LogP contribution in [0.15, 0.2) is 60.7 Å². The highest BCUT2D eigenvalue weighted by atomic mass is 16.7. The van der Waals surface area contributed by atoms with Gasteiger partial charge in [-0.1, -0.05) is 0 Å². The molecule has 0 saturated carbocycles. The topological polar surface area (TPSA) is 387 Å². The number of fused-ring (bicyclic) bond motifs is 4. The van der Waals surface area contributed by atoms with E-state index in [-0.39, 0.29) is 11.5 Å². The summed E-state index contributed by atoms with van der Waals surface area (Å²) in [7, 11) is 0. The molecule has 7 rings (SSSR count). The number of carbonyl (C=O) groups excluding carboxylic acids is 4. The molecule has 5 atom stereocenters. The lowest BCUT2D eigenvalue weighted by Gasteiger charge is -2.44. The van der Waals surface area contributed by atoms with E-state index in [1.165, 1.54) is 12.1 Å². The standard InChI is InChI=1S/C40H30O23/c41-14-1-3-15(4-2-14)59-40-35(63-37(55)13-7-20(44)28(49)21(45)8-13)34(62-36(54)12-5-18(42)27(48)19(43)6-12)33-24(60-40)11-58-38(56)16-9-22(46)29(50)31(52)25(16)26-17(39(57)61-33)10-23(47)30(51)32(26)53/h1-10,24,33-35,40-53H,11H2/t24-,33?,34+,35-,40-/m1/s1. The summed E-state index contributed by atoms with van der Waals surface area (Å²) in [4.78, 5) is 55.9. The SMILES string of the molecule is O=C(O[C@H]1[C@H](Oc2ccc(O)cc2)O[C@@H]2COC(=O)c3cc(O)c(O)c(O)c3-c3c(cc(O)c(O)c3O)C(=O)OC2[C@@H]1OC(=O)c1cc(O)c(O)c(O)c1)c1cc(O)c(O)c(O)c1. The number of benzene rings is 5. The number of hydrogen-bond donors (Lipinski definition) is 13. The minimum absolute atomic E-state index is 0.166. The van der Waals surface area contributed by atoms with Gasteiger partial charge in [-0.2, -0.15) is 0 Å². The Hall–Kier alpha value is -8.86. The van der Waals surface area contributed by atoms with Gasteiger partial charge in [0.1, 0.15) is 24.2 Å². The number of rotatable bonds is 6. The molecule has 0 aromatic heterocycles. The van der Waals surface area contributed by atoms with E-state index in [0.29, 0.717) is 36.4 Å². The Labute approximate surface area is 349 Å². The van der Waals surface area contributed by atoms with Crippen LogP contribution >= 0.6 is 0 Å². The molecule has 5 aromatic rings. The van der Waals surface area contributed by atoms with E-state index < -0.39 is 164 Å². The smallest absolute Gasteiger partial charge is 0.339 e. The maximum Gasteiger partial charge on any atom is 0.339 e. The van der Waals surface area contributed by atoms with Gasteiger partial charge in [0.05, 0.1) is 22.3 Å². The Morgan fingerprint density at radius 3 is 1.43 bits per heavy atom. The van der Waals surface area contributed by atoms with Gasteiger partial charge in [-0.05, 0) is 60.7 Å². The van der Waals surface area contributed by atoms with Crippen LogP contribution in [0.2, 0.25) is 0 Å². The number of carbonyl (C=O) groups is 4. The van der Waals surface area contributed by atoms with Crippen LogP contribution < -0.4 is 4.74 Å². The van der Waals surface area contributed by atoms with Crippen LogP contribution in [0.25, 0.3) is 11.1 Å². The summed E-state index contributed by atoms with van der Waals surface area (Å²) in [5.41, 5.74) is -5.26. The van der Waals surface area contributed by atoms with Crippen molar-refractivity contribution in [2.45, 2.75) is 30.7 Å². The number of ether oxygens (including phenoxy) is 6. The molecule has 2 aliphatic heterocycles. The molecule has 2 heterocycles. The number of hydrogen-bond acceptors (Lipinski definition) is 23. The van der Waals surface area contributed by atoms with Gasteiger partial charge >= 0.3 is 23.9 Å². The maximum atomic E-state index is 14.4. The molecule has 1 saturated heterocycles. The molecule has 1 fully saturated rings. The Bertz CT molecular complexity index is 2660. The Kier molecular flexibility index (Phi) is 10.7. The normalized spacial score (nSPS) is 19.5. The van der Waals surface area contributed by atoms with Crippen molar-refractivity contribution < 1.29 is 114 Å². The molecule has 0 spiro atoms. The molecule has 0 radical (unpaired) electrons. The van der Waals surface area contributed by atoms with Crippen molar-refractivity contribution in [3.63, 3.8) is 0 Å². The Morgan fingerprint density at radius 2 is 0.952 bits per heavy atom. The second-order valence-corrected chi connectivity index (χ2v) is 13.6. The maximum absolute atomic E-state index is 14.4. The zero-order chi connectivity index (χ0) is 45.8. The van der Waals surface area contributed by atoms with E-state index in [4.69, 9.17) is 28.4 Å². The summed E-state index contributed by atoms with van der Waals surface area (Å²) in [5, 5.41) is 134. The summed E-state index contributed by atoms with van der Waals surface area (Å²) < 4.78 is 34.5. The summed E-state index contributed by atoms with van der Waals surface area (Å²) in [5.74, 6) is -20.6. The van der Waals surface area contributed by atoms with Gasteiger partial charge < -0.3 is 94.8 Å². The van der Waals surface area contributed by atoms with Gasteiger partial charge in [0, 0.05) is 11.1 Å². The van der Waals surface area contributed by atoms with Crippen molar-refractivity contribution in [2.24, 2.45) is 0 Å². The zero-order valence-corrected chi connectivity index (χ0v) is 31.3. The average Bonchev–Trinajstić information content (AvgIpc) is 3.25. The first-order chi connectivity index (χ1) is 29.7. The summed E-state index contributed by atoms with van der Waals surface area (Å²) in [6.07, 6.45) is -10.8. The highest BCUT2D eigenvalue weighted by Crippen LogP contribution is 2.53. The van der Waals surface area contributed by atoms with E-state index in [9.17, 15) is 85.6 Å². The van der Waals surface area contributed by atoms with Gasteiger partial charge in [-0.3, -0.25) is 0 Å². The van der Waals surface area contributed by atoms with E-state index in [1.54, 1.807) is 0 Å². The zero-order valence-electron chi connectivity index (χ0n) is 31.3. The molecule has 23 heteroatoms. The molecule has 0 amide bonds. The fraction of sp³-hybridized carbons (Fsp3) is 0.150. The largest absolute Gasteiger partial charge is 0.508 e. The molecular weight excluding hydrogens is 848 g/mol. The summed E-state index contributed by atoms with van der Waals surface area (Å²) >= 11 is 0. The minimum Gasteiger partial charge on any atom is -0.508 e. The predicted octanol–water partition coefficient (Wildman–Crippen LogP) is 2.48. The van der Waals surface area contributed by atoms with Gasteiger partial charge in [0.15, 0.2) is 69.7 Å². The second-order valence-electron chi connectivity index (χ2n) is 13.6. The first-order valence-electron chi connectivity index (χ1n) is 17.7. The third-order valence-electron chi connectivity index (χ3n) is 9.60. The van der Waals surface area contributed by atoms with Crippen LogP contribution in [-0.4, -0.2) is 128 Å². The van der Waals surface area contributed by atoms with Crippen molar-refractivity contribution in [2.75, 3.05) is 6.61 Å². The van der Waals surface area contributed by atoms with E-state index in [2.05, 4.69) is 0 Å². The monoisotopic (exact) mass is 878 g/mol. The third-order valence-corrected chi connectivity index (χ3v) is 9.60. The van der Waals surface area contributed by atoms with E-state index in [1.807, 2.05) is 0 Å². The second kappa shape index (κ2) is 16.0. The minimum atomic E-state index is -2.30. The van der Waals surface area contributed by atoms with E-state index in [0.717, 1.165) is 12.1 Å². The lowest BCUT2D eigenvalue weighted by atomic mass is 9.92. The molecule has 0 aliphatic carbocycles. The highest BCUT2D eigenvalue weighted by molar-refractivity contribution is 6.08. The number of aromatic hydroxyl groups is 13. The van der Waals surface area contributed by atoms with Gasteiger partial charge in [-0.15, -0.1) is 0 Å². The van der Waals surface area contributed by atoms with Crippen LogP contribution in [0.3, 0.4) is 0 Å². The molecule has 13 N–H and O–H groups in total. The van der Waals surface area contributed by atoms with Crippen LogP contribution in [0.1, 0.15) is 41.4 Å². The fourth-order valence-corrected chi connectivity index (χ4v) is 6.54. The van der Waals surface area contributed by atoms with Gasteiger partial charge in [-0.25, -0.2) is 19.2 Å². The van der Waals surface area contributed by atoms with Crippen molar-refractivity contribution in [1.29, 1.82) is 0 Å². The van der Waals surface area contributed by atoms with Crippen LogP contribution in [0.4, 0.5) is 0 Å². The van der Waals surface area contributed by atoms with Gasteiger partial charge in [0.25, 0.3) is 0 Å². The Morgan fingerprint density at radius 1 is 0.524 bits per heavy atom. The average molecular weight is 879 g/mol. The lowest BCUT2D eigenvalue weighted by Crippen LogP contribution is -2.63. The van der Waals surface area contributed by atoms with Crippen molar-refractivity contribution in [3.8, 4) is 91.6 Å². The third kappa shape index (κ3) is 7.72. The van der Waals surface area contributed by atoms with Crippen molar-refractivity contribution in [1.82, 2.24) is 0 Å². The molecule has 5 aromatic carbocycles. The molecule has 0 bridgehead atoms. The van der Waals surface area contributed by atoms with E-state index >= 15 is 0 Å². The lowest BCUT2D eigenvalue weighted by molar-refractivity contribution is -0.275. The molecule has 2 aliphatic rings. The Balaban J connectivity index is 1.43. The van der Waals surface area contributed by atoms with Crippen LogP contribution in [-0.2, 0) is 23.7 Å². The first kappa shape index (κ1) is 42.3. The molecule has 63 heavy (non-hydrogen) atoms. The molecule has 328 valence electrons. The summed E-state index contributed by atoms with van der Waals surface area (Å²) in [6.45, 7) is -1.08. The van der Waals surface area contributed by atoms with Crippen molar-refractivity contribution >= 4 is 23.9 Å². The molecule has 23 nitrogen and oxygen atoms in total. The number of phenolic OH excluding ortho intramolecular Hbond substituents is 13. The predicted molar refractivity (Wildman–Crippen MR) is 200 cm³/mol. The summed E-state index contributed by atoms with van der Waals surface area (Å²) in [6, 6.07) is 8.18. The number of cyclic esters (lactones) is 1.